The third-order valence-electron chi connectivity index (χ3n) is 3.13. The first kappa shape index (κ1) is 16.7. The van der Waals surface area contributed by atoms with E-state index in [-0.39, 0.29) is 18.6 Å². The van der Waals surface area contributed by atoms with Crippen LogP contribution in [-0.4, -0.2) is 18.5 Å². The topological polar surface area (TPSA) is 55.4 Å². The predicted molar refractivity (Wildman–Crippen MR) is 90.0 cm³/mol. The number of esters is 1. The highest BCUT2D eigenvalue weighted by Crippen LogP contribution is 2.17. The monoisotopic (exact) mass is 381 g/mol. The molecule has 2 rings (SSSR count). The van der Waals surface area contributed by atoms with Crippen molar-refractivity contribution in [3.8, 4) is 0 Å². The molecule has 0 radical (unpaired) electrons. The first-order chi connectivity index (χ1) is 10.5. The van der Waals surface area contributed by atoms with E-state index in [4.69, 9.17) is 4.74 Å². The molecule has 0 fully saturated rings. The lowest BCUT2D eigenvalue weighted by molar-refractivity contribution is -0.124. The van der Waals surface area contributed by atoms with Crippen molar-refractivity contribution < 1.29 is 14.3 Å². The molecule has 116 valence electrons. The van der Waals surface area contributed by atoms with Crippen molar-refractivity contribution in [2.24, 2.45) is 0 Å². The molecular weight excluding hydrogens is 366 g/mol. The lowest BCUT2D eigenvalue weighted by Gasteiger charge is -2.14. The van der Waals surface area contributed by atoms with Gasteiger partial charge < -0.3 is 10.1 Å². The van der Waals surface area contributed by atoms with Gasteiger partial charge in [0.15, 0.2) is 6.61 Å². The SMILES string of the molecule is Cc1ccsc1C(=O)OCC(=O)N[C@@H](C)c1ccc(Br)cc1. The first-order valence-electron chi connectivity index (χ1n) is 6.73. The Morgan fingerprint density at radius 3 is 2.55 bits per heavy atom. The zero-order valence-electron chi connectivity index (χ0n) is 12.3. The number of amides is 1. The standard InChI is InChI=1S/C16H16BrNO3S/c1-10-7-8-22-15(10)16(20)21-9-14(19)18-11(2)12-3-5-13(17)6-4-12/h3-8,11H,9H2,1-2H3,(H,18,19)/t11-/m0/s1. The van der Waals surface area contributed by atoms with Gasteiger partial charge in [0.1, 0.15) is 4.88 Å². The third-order valence-corrected chi connectivity index (χ3v) is 4.65. The second-order valence-corrected chi connectivity index (χ2v) is 6.68. The van der Waals surface area contributed by atoms with Gasteiger partial charge in [-0.05, 0) is 48.6 Å². The van der Waals surface area contributed by atoms with Gasteiger partial charge in [-0.25, -0.2) is 4.79 Å². The van der Waals surface area contributed by atoms with E-state index in [0.717, 1.165) is 15.6 Å². The number of carbonyl (C=O) groups excluding carboxylic acids is 2. The van der Waals surface area contributed by atoms with Crippen molar-refractivity contribution >= 4 is 39.1 Å². The molecule has 0 spiro atoms. The Morgan fingerprint density at radius 2 is 1.95 bits per heavy atom. The van der Waals surface area contributed by atoms with Crippen molar-refractivity contribution in [3.05, 3.63) is 56.2 Å². The van der Waals surface area contributed by atoms with Crippen molar-refractivity contribution in [2.75, 3.05) is 6.61 Å². The molecule has 0 aliphatic carbocycles. The van der Waals surface area contributed by atoms with E-state index in [1.807, 2.05) is 49.6 Å². The van der Waals surface area contributed by atoms with Gasteiger partial charge in [0.25, 0.3) is 5.91 Å². The molecule has 2 aromatic rings. The van der Waals surface area contributed by atoms with Crippen molar-refractivity contribution in [3.63, 3.8) is 0 Å². The van der Waals surface area contributed by atoms with Gasteiger partial charge in [-0.3, -0.25) is 4.79 Å². The lowest BCUT2D eigenvalue weighted by atomic mass is 10.1. The van der Waals surface area contributed by atoms with Crippen LogP contribution in [0.2, 0.25) is 0 Å². The fourth-order valence-corrected chi connectivity index (χ4v) is 2.98. The maximum Gasteiger partial charge on any atom is 0.349 e. The van der Waals surface area contributed by atoms with Crippen LogP contribution in [0.4, 0.5) is 0 Å². The maximum absolute atomic E-state index is 11.9. The van der Waals surface area contributed by atoms with E-state index in [9.17, 15) is 9.59 Å². The molecule has 0 aliphatic rings. The van der Waals surface area contributed by atoms with Crippen LogP contribution in [0.3, 0.4) is 0 Å². The summed E-state index contributed by atoms with van der Waals surface area (Å²) in [5.74, 6) is -0.781. The largest absolute Gasteiger partial charge is 0.451 e. The second-order valence-electron chi connectivity index (χ2n) is 4.85. The van der Waals surface area contributed by atoms with Crippen molar-refractivity contribution in [1.29, 1.82) is 0 Å². The Bertz CT molecular complexity index is 666. The van der Waals surface area contributed by atoms with Gasteiger partial charge in [0.05, 0.1) is 6.04 Å². The molecule has 0 aliphatic heterocycles. The molecule has 0 bridgehead atoms. The fraction of sp³-hybridized carbons (Fsp3) is 0.250. The average Bonchev–Trinajstić information content (AvgIpc) is 2.91. The molecule has 6 heteroatoms. The highest BCUT2D eigenvalue weighted by molar-refractivity contribution is 9.10. The second kappa shape index (κ2) is 7.56. The summed E-state index contributed by atoms with van der Waals surface area (Å²) in [6.45, 7) is 3.44. The minimum atomic E-state index is -0.459. The summed E-state index contributed by atoms with van der Waals surface area (Å²) in [6, 6.07) is 9.38. The van der Waals surface area contributed by atoms with Crippen LogP contribution in [0.1, 0.15) is 33.8 Å². The fourth-order valence-electron chi connectivity index (χ4n) is 1.90. The summed E-state index contributed by atoms with van der Waals surface area (Å²) < 4.78 is 6.02. The minimum Gasteiger partial charge on any atom is -0.451 e. The lowest BCUT2D eigenvalue weighted by Crippen LogP contribution is -2.31. The molecule has 1 atom stereocenters. The summed E-state index contributed by atoms with van der Waals surface area (Å²) in [4.78, 5) is 24.2. The Hall–Kier alpha value is -1.66. The molecule has 1 aromatic heterocycles. The molecule has 0 saturated heterocycles. The predicted octanol–water partition coefficient (Wildman–Crippen LogP) is 3.85. The Labute approximate surface area is 141 Å². The minimum absolute atomic E-state index is 0.150. The number of halogens is 1. The zero-order chi connectivity index (χ0) is 16.1. The van der Waals surface area contributed by atoms with E-state index in [0.29, 0.717) is 4.88 Å². The number of hydrogen-bond donors (Lipinski definition) is 1. The number of rotatable bonds is 5. The quantitative estimate of drug-likeness (QED) is 0.800. The van der Waals surface area contributed by atoms with Gasteiger partial charge in [-0.15, -0.1) is 11.3 Å². The summed E-state index contributed by atoms with van der Waals surface area (Å²) in [6.07, 6.45) is 0. The molecular formula is C16H16BrNO3S. The van der Waals surface area contributed by atoms with Crippen molar-refractivity contribution in [1.82, 2.24) is 5.32 Å². The number of benzene rings is 1. The Morgan fingerprint density at radius 1 is 1.27 bits per heavy atom. The van der Waals surface area contributed by atoms with E-state index in [1.165, 1.54) is 11.3 Å². The Balaban J connectivity index is 1.84. The number of carbonyl (C=O) groups is 2. The van der Waals surface area contributed by atoms with Crippen LogP contribution < -0.4 is 5.32 Å². The van der Waals surface area contributed by atoms with Gasteiger partial charge >= 0.3 is 5.97 Å². The summed E-state index contributed by atoms with van der Waals surface area (Å²) in [5, 5.41) is 4.62. The molecule has 1 heterocycles. The number of nitrogens with one attached hydrogen (secondary N) is 1. The molecule has 1 N–H and O–H groups in total. The van der Waals surface area contributed by atoms with E-state index in [2.05, 4.69) is 21.2 Å². The normalized spacial score (nSPS) is 11.8. The Kier molecular flexibility index (Phi) is 5.74. The molecule has 0 saturated carbocycles. The first-order valence-corrected chi connectivity index (χ1v) is 8.40. The molecule has 0 unspecified atom stereocenters. The molecule has 22 heavy (non-hydrogen) atoms. The number of thiophene rings is 1. The van der Waals surface area contributed by atoms with E-state index >= 15 is 0 Å². The average molecular weight is 382 g/mol. The van der Waals surface area contributed by atoms with Crippen LogP contribution in [0, 0.1) is 6.92 Å². The van der Waals surface area contributed by atoms with Crippen LogP contribution in [0.5, 0.6) is 0 Å². The van der Waals surface area contributed by atoms with Gasteiger partial charge in [-0.1, -0.05) is 28.1 Å². The van der Waals surface area contributed by atoms with Crippen LogP contribution in [0.25, 0.3) is 0 Å². The van der Waals surface area contributed by atoms with Crippen LogP contribution in [-0.2, 0) is 9.53 Å². The summed E-state index contributed by atoms with van der Waals surface area (Å²) in [7, 11) is 0. The third kappa shape index (κ3) is 4.42. The number of aryl methyl sites for hydroxylation is 1. The van der Waals surface area contributed by atoms with E-state index in [1.54, 1.807) is 0 Å². The van der Waals surface area contributed by atoms with Gasteiger partial charge in [-0.2, -0.15) is 0 Å². The van der Waals surface area contributed by atoms with E-state index < -0.39 is 5.97 Å². The summed E-state index contributed by atoms with van der Waals surface area (Å²) in [5.41, 5.74) is 1.84. The van der Waals surface area contributed by atoms with Crippen LogP contribution in [0.15, 0.2) is 40.2 Å². The highest BCUT2D eigenvalue weighted by Gasteiger charge is 2.15. The molecule has 1 aromatic carbocycles. The molecule has 4 nitrogen and oxygen atoms in total. The van der Waals surface area contributed by atoms with Gasteiger partial charge in [0, 0.05) is 4.47 Å². The maximum atomic E-state index is 11.9. The highest BCUT2D eigenvalue weighted by atomic mass is 79.9. The molecule has 1 amide bonds. The summed E-state index contributed by atoms with van der Waals surface area (Å²) >= 11 is 4.68. The zero-order valence-corrected chi connectivity index (χ0v) is 14.7. The number of ether oxygens (including phenoxy) is 1. The number of hydrogen-bond acceptors (Lipinski definition) is 4. The van der Waals surface area contributed by atoms with Crippen LogP contribution >= 0.6 is 27.3 Å². The smallest absolute Gasteiger partial charge is 0.349 e. The van der Waals surface area contributed by atoms with Gasteiger partial charge in [0.2, 0.25) is 0 Å². The van der Waals surface area contributed by atoms with Crippen molar-refractivity contribution in [2.45, 2.75) is 19.9 Å².